The van der Waals surface area contributed by atoms with Gasteiger partial charge >= 0.3 is 12.0 Å². The molecule has 0 saturated heterocycles. The van der Waals surface area contributed by atoms with Crippen LogP contribution in [0.1, 0.15) is 11.1 Å². The monoisotopic (exact) mass is 314 g/mol. The molecule has 0 bridgehead atoms. The van der Waals surface area contributed by atoms with Crippen LogP contribution in [0, 0.1) is 0 Å². The first-order valence-corrected chi connectivity index (χ1v) is 7.09. The molecular weight excluding hydrogens is 296 g/mol. The summed E-state index contributed by atoms with van der Waals surface area (Å²) in [6.45, 7) is 0.459. The maximum Gasteiger partial charge on any atom is 0.326 e. The molecular formula is C17H18N2O4. The number of nitrogens with two attached hydrogens (primary N) is 1. The molecule has 120 valence electrons. The fraction of sp³-hybridized carbons (Fsp3) is 0.176. The van der Waals surface area contributed by atoms with Crippen molar-refractivity contribution >= 4 is 12.0 Å². The average molecular weight is 314 g/mol. The summed E-state index contributed by atoms with van der Waals surface area (Å²) in [4.78, 5) is 21.9. The molecule has 0 aromatic heterocycles. The lowest BCUT2D eigenvalue weighted by Crippen LogP contribution is -2.44. The molecule has 2 aromatic carbocycles. The standard InChI is InChI=1S/C17H18N2O4/c18-17(22)19-15(16(20)21)10-12-6-8-14(9-7-12)23-11-13-4-2-1-3-5-13/h1-9,15H,10-11H2,(H,20,21)(H3,18,19,22). The van der Waals surface area contributed by atoms with E-state index >= 15 is 0 Å². The molecule has 0 spiro atoms. The number of carboxylic acid groups (broad SMARTS) is 1. The van der Waals surface area contributed by atoms with Gasteiger partial charge < -0.3 is 20.9 Å². The number of ether oxygens (including phenoxy) is 1. The third-order valence-corrected chi connectivity index (χ3v) is 3.23. The second-order valence-electron chi connectivity index (χ2n) is 5.02. The third-order valence-electron chi connectivity index (χ3n) is 3.23. The lowest BCUT2D eigenvalue weighted by atomic mass is 10.1. The van der Waals surface area contributed by atoms with E-state index in [0.717, 1.165) is 11.1 Å². The first kappa shape index (κ1) is 16.4. The number of rotatable bonds is 7. The van der Waals surface area contributed by atoms with Gasteiger partial charge in [0.05, 0.1) is 0 Å². The van der Waals surface area contributed by atoms with Crippen LogP contribution in [0.3, 0.4) is 0 Å². The maximum atomic E-state index is 11.1. The van der Waals surface area contributed by atoms with Crippen molar-refractivity contribution in [2.75, 3.05) is 0 Å². The van der Waals surface area contributed by atoms with Gasteiger partial charge in [0, 0.05) is 6.42 Å². The maximum absolute atomic E-state index is 11.1. The summed E-state index contributed by atoms with van der Waals surface area (Å²) in [6.07, 6.45) is 0.150. The summed E-state index contributed by atoms with van der Waals surface area (Å²) in [7, 11) is 0. The lowest BCUT2D eigenvalue weighted by molar-refractivity contribution is -0.139. The van der Waals surface area contributed by atoms with Gasteiger partial charge in [-0.1, -0.05) is 42.5 Å². The predicted octanol–water partition coefficient (Wildman–Crippen LogP) is 1.93. The number of nitrogens with one attached hydrogen (secondary N) is 1. The van der Waals surface area contributed by atoms with E-state index in [-0.39, 0.29) is 6.42 Å². The SMILES string of the molecule is NC(=O)NC(Cc1ccc(OCc2ccccc2)cc1)C(=O)O. The number of hydrogen-bond acceptors (Lipinski definition) is 3. The van der Waals surface area contributed by atoms with Crippen LogP contribution < -0.4 is 15.8 Å². The summed E-state index contributed by atoms with van der Waals surface area (Å²) in [6, 6.07) is 14.9. The number of carbonyl (C=O) groups excluding carboxylic acids is 1. The zero-order chi connectivity index (χ0) is 16.7. The molecule has 1 atom stereocenters. The van der Waals surface area contributed by atoms with Crippen LogP contribution >= 0.6 is 0 Å². The van der Waals surface area contributed by atoms with Crippen molar-refractivity contribution in [2.24, 2.45) is 5.73 Å². The third kappa shape index (κ3) is 5.35. The van der Waals surface area contributed by atoms with Crippen molar-refractivity contribution in [2.45, 2.75) is 19.1 Å². The van der Waals surface area contributed by atoms with E-state index in [0.29, 0.717) is 12.4 Å². The summed E-state index contributed by atoms with van der Waals surface area (Å²) in [5, 5.41) is 11.3. The highest BCUT2D eigenvalue weighted by Crippen LogP contribution is 2.15. The highest BCUT2D eigenvalue weighted by Gasteiger charge is 2.19. The van der Waals surface area contributed by atoms with Gasteiger partial charge in [-0.15, -0.1) is 0 Å². The van der Waals surface area contributed by atoms with Crippen molar-refractivity contribution in [1.82, 2.24) is 5.32 Å². The van der Waals surface area contributed by atoms with Crippen molar-refractivity contribution in [3.63, 3.8) is 0 Å². The van der Waals surface area contributed by atoms with E-state index in [1.165, 1.54) is 0 Å². The molecule has 0 heterocycles. The van der Waals surface area contributed by atoms with Crippen LogP contribution in [-0.4, -0.2) is 23.1 Å². The normalized spacial score (nSPS) is 11.5. The molecule has 2 amide bonds. The zero-order valence-electron chi connectivity index (χ0n) is 12.4. The molecule has 0 radical (unpaired) electrons. The number of primary amides is 1. The quantitative estimate of drug-likeness (QED) is 0.726. The number of benzene rings is 2. The highest BCUT2D eigenvalue weighted by atomic mass is 16.5. The van der Waals surface area contributed by atoms with Crippen LogP contribution in [0.15, 0.2) is 54.6 Å². The Morgan fingerprint density at radius 3 is 2.26 bits per heavy atom. The minimum atomic E-state index is -1.13. The van der Waals surface area contributed by atoms with Gasteiger partial charge in [0.15, 0.2) is 0 Å². The second kappa shape index (κ2) is 7.84. The van der Waals surface area contributed by atoms with E-state index in [2.05, 4.69) is 5.32 Å². The Balaban J connectivity index is 1.93. The van der Waals surface area contributed by atoms with Crippen LogP contribution in [-0.2, 0) is 17.8 Å². The molecule has 23 heavy (non-hydrogen) atoms. The minimum Gasteiger partial charge on any atom is -0.489 e. The first-order chi connectivity index (χ1) is 11.0. The smallest absolute Gasteiger partial charge is 0.326 e. The van der Waals surface area contributed by atoms with Gasteiger partial charge in [-0.25, -0.2) is 9.59 Å². The molecule has 1 unspecified atom stereocenters. The summed E-state index contributed by atoms with van der Waals surface area (Å²) in [5.41, 5.74) is 6.80. The lowest BCUT2D eigenvalue weighted by Gasteiger charge is -2.13. The Morgan fingerprint density at radius 1 is 1.04 bits per heavy atom. The number of hydrogen-bond donors (Lipinski definition) is 3. The van der Waals surface area contributed by atoms with Gasteiger partial charge in [-0.3, -0.25) is 0 Å². The zero-order valence-corrected chi connectivity index (χ0v) is 12.4. The highest BCUT2D eigenvalue weighted by molar-refractivity contribution is 5.81. The van der Waals surface area contributed by atoms with Gasteiger partial charge in [0.1, 0.15) is 18.4 Å². The molecule has 0 saturated carbocycles. The molecule has 0 aliphatic rings. The number of carbonyl (C=O) groups is 2. The first-order valence-electron chi connectivity index (χ1n) is 7.09. The van der Waals surface area contributed by atoms with E-state index in [4.69, 9.17) is 15.6 Å². The fourth-order valence-corrected chi connectivity index (χ4v) is 2.07. The molecule has 0 aliphatic heterocycles. The Kier molecular flexibility index (Phi) is 5.57. The van der Waals surface area contributed by atoms with Gasteiger partial charge in [0.2, 0.25) is 0 Å². The molecule has 2 rings (SSSR count). The van der Waals surface area contributed by atoms with E-state index in [1.807, 2.05) is 30.3 Å². The van der Waals surface area contributed by atoms with Crippen molar-refractivity contribution < 1.29 is 19.4 Å². The van der Waals surface area contributed by atoms with Crippen LogP contribution in [0.2, 0.25) is 0 Å². The molecule has 6 nitrogen and oxygen atoms in total. The summed E-state index contributed by atoms with van der Waals surface area (Å²) < 4.78 is 5.66. The van der Waals surface area contributed by atoms with Crippen molar-refractivity contribution in [3.8, 4) is 5.75 Å². The second-order valence-corrected chi connectivity index (χ2v) is 5.02. The minimum absolute atomic E-state index is 0.150. The predicted molar refractivity (Wildman–Crippen MR) is 85.1 cm³/mol. The average Bonchev–Trinajstić information content (AvgIpc) is 2.54. The van der Waals surface area contributed by atoms with Crippen LogP contribution in [0.5, 0.6) is 5.75 Å². The van der Waals surface area contributed by atoms with E-state index < -0.39 is 18.0 Å². The molecule has 2 aromatic rings. The topological polar surface area (TPSA) is 102 Å². The fourth-order valence-electron chi connectivity index (χ4n) is 2.07. The van der Waals surface area contributed by atoms with Gasteiger partial charge in [-0.05, 0) is 23.3 Å². The Labute approximate surface area is 133 Å². The van der Waals surface area contributed by atoms with Crippen LogP contribution in [0.4, 0.5) is 4.79 Å². The number of aliphatic carboxylic acids is 1. The summed E-state index contributed by atoms with van der Waals surface area (Å²) >= 11 is 0. The number of amides is 2. The Bertz CT molecular complexity index is 656. The van der Waals surface area contributed by atoms with E-state index in [1.54, 1.807) is 24.3 Å². The Hall–Kier alpha value is -3.02. The van der Waals surface area contributed by atoms with Crippen molar-refractivity contribution in [3.05, 3.63) is 65.7 Å². The van der Waals surface area contributed by atoms with Crippen molar-refractivity contribution in [1.29, 1.82) is 0 Å². The van der Waals surface area contributed by atoms with Gasteiger partial charge in [0.25, 0.3) is 0 Å². The van der Waals surface area contributed by atoms with E-state index in [9.17, 15) is 9.59 Å². The molecule has 0 fully saturated rings. The number of carboxylic acids is 1. The Morgan fingerprint density at radius 2 is 1.70 bits per heavy atom. The largest absolute Gasteiger partial charge is 0.489 e. The number of urea groups is 1. The summed E-state index contributed by atoms with van der Waals surface area (Å²) in [5.74, 6) is -0.444. The molecule has 4 N–H and O–H groups in total. The van der Waals surface area contributed by atoms with Crippen LogP contribution in [0.25, 0.3) is 0 Å². The van der Waals surface area contributed by atoms with Gasteiger partial charge in [-0.2, -0.15) is 0 Å². The molecule has 0 aliphatic carbocycles. The molecule has 6 heteroatoms.